The number of nitrogens with two attached hydrogens (primary N) is 1. The number of nitrogens with one attached hydrogen (secondary N) is 1. The third-order valence-corrected chi connectivity index (χ3v) is 2.54. The summed E-state index contributed by atoms with van der Waals surface area (Å²) in [5, 5.41) is 0. The Labute approximate surface area is 88.3 Å². The second kappa shape index (κ2) is 4.37. The van der Waals surface area contributed by atoms with Gasteiger partial charge in [-0.25, -0.2) is 0 Å². The average Bonchev–Trinajstić information content (AvgIpc) is 2.16. The molecule has 0 saturated heterocycles. The fourth-order valence-corrected chi connectivity index (χ4v) is 1.71. The summed E-state index contributed by atoms with van der Waals surface area (Å²) in [5.41, 5.74) is 7.81. The summed E-state index contributed by atoms with van der Waals surface area (Å²) in [4.78, 5) is 14.1. The number of hydrogen-bond donors (Lipinski definition) is 2. The zero-order valence-electron chi connectivity index (χ0n) is 8.39. The first-order chi connectivity index (χ1) is 6.60. The molecule has 14 heavy (non-hydrogen) atoms. The lowest BCUT2D eigenvalue weighted by Gasteiger charge is -2.07. The largest absolute Gasteiger partial charge is 0.366 e. The van der Waals surface area contributed by atoms with Crippen LogP contribution in [0.4, 0.5) is 0 Å². The standard InChI is InChI=1S/C10H14N2OS/c1-3-6-5-7(9(11)13)10(14)12-8(6)4-2/h5H,3-4H2,1-2H3,(H2,11,13)(H,12,14). The lowest BCUT2D eigenvalue weighted by atomic mass is 10.1. The minimum atomic E-state index is -0.469. The van der Waals surface area contributed by atoms with Crippen molar-refractivity contribution >= 4 is 18.1 Å². The number of H-pyrrole nitrogens is 1. The van der Waals surface area contributed by atoms with E-state index in [0.717, 1.165) is 24.1 Å². The molecule has 0 aliphatic rings. The van der Waals surface area contributed by atoms with E-state index >= 15 is 0 Å². The molecule has 76 valence electrons. The number of carbonyl (C=O) groups is 1. The van der Waals surface area contributed by atoms with Crippen LogP contribution in [0.1, 0.15) is 35.5 Å². The molecule has 0 radical (unpaired) electrons. The lowest BCUT2D eigenvalue weighted by Crippen LogP contribution is -2.13. The van der Waals surface area contributed by atoms with Crippen LogP contribution >= 0.6 is 12.2 Å². The number of aromatic amines is 1. The van der Waals surface area contributed by atoms with E-state index in [1.807, 2.05) is 13.8 Å². The summed E-state index contributed by atoms with van der Waals surface area (Å²) >= 11 is 5.03. The maximum Gasteiger partial charge on any atom is 0.251 e. The van der Waals surface area contributed by atoms with E-state index in [2.05, 4.69) is 4.98 Å². The van der Waals surface area contributed by atoms with Crippen LogP contribution in [0, 0.1) is 4.64 Å². The zero-order chi connectivity index (χ0) is 10.7. The number of aryl methyl sites for hydroxylation is 2. The molecular weight excluding hydrogens is 196 g/mol. The van der Waals surface area contributed by atoms with Gasteiger partial charge in [-0.15, -0.1) is 0 Å². The van der Waals surface area contributed by atoms with Crippen molar-refractivity contribution in [3.63, 3.8) is 0 Å². The Hall–Kier alpha value is -1.16. The van der Waals surface area contributed by atoms with Crippen molar-refractivity contribution in [3.05, 3.63) is 27.5 Å². The van der Waals surface area contributed by atoms with Gasteiger partial charge in [0.1, 0.15) is 4.64 Å². The summed E-state index contributed by atoms with van der Waals surface area (Å²) in [5.74, 6) is -0.469. The Morgan fingerprint density at radius 1 is 1.50 bits per heavy atom. The molecule has 0 aromatic carbocycles. The Morgan fingerprint density at radius 2 is 2.14 bits per heavy atom. The molecule has 1 rings (SSSR count). The number of hydrogen-bond acceptors (Lipinski definition) is 2. The summed E-state index contributed by atoms with van der Waals surface area (Å²) in [7, 11) is 0. The highest BCUT2D eigenvalue weighted by Gasteiger charge is 2.07. The molecule has 0 bridgehead atoms. The Balaban J connectivity index is 3.38. The second-order valence-electron chi connectivity index (χ2n) is 3.09. The van der Waals surface area contributed by atoms with Crippen LogP contribution in [0.2, 0.25) is 0 Å². The van der Waals surface area contributed by atoms with Gasteiger partial charge < -0.3 is 10.7 Å². The van der Waals surface area contributed by atoms with Crippen molar-refractivity contribution in [2.45, 2.75) is 26.7 Å². The summed E-state index contributed by atoms with van der Waals surface area (Å²) in [6, 6.07) is 1.79. The number of carbonyl (C=O) groups excluding carboxylic acids is 1. The molecule has 0 unspecified atom stereocenters. The van der Waals surface area contributed by atoms with Crippen molar-refractivity contribution in [1.29, 1.82) is 0 Å². The molecule has 3 nitrogen and oxygen atoms in total. The number of primary amides is 1. The topological polar surface area (TPSA) is 58.9 Å². The Morgan fingerprint density at radius 3 is 2.57 bits per heavy atom. The normalized spacial score (nSPS) is 10.1. The lowest BCUT2D eigenvalue weighted by molar-refractivity contribution is 0.0999. The van der Waals surface area contributed by atoms with E-state index in [-0.39, 0.29) is 0 Å². The van der Waals surface area contributed by atoms with Gasteiger partial charge >= 0.3 is 0 Å². The van der Waals surface area contributed by atoms with Crippen molar-refractivity contribution in [2.24, 2.45) is 5.73 Å². The zero-order valence-corrected chi connectivity index (χ0v) is 9.20. The summed E-state index contributed by atoms with van der Waals surface area (Å²) in [6.45, 7) is 4.08. The van der Waals surface area contributed by atoms with Gasteiger partial charge in [0.05, 0.1) is 5.56 Å². The first kappa shape index (κ1) is 10.9. The van der Waals surface area contributed by atoms with E-state index in [4.69, 9.17) is 18.0 Å². The number of pyridine rings is 1. The van der Waals surface area contributed by atoms with Crippen LogP contribution in [-0.4, -0.2) is 10.9 Å². The molecule has 0 spiro atoms. The molecule has 1 aromatic heterocycles. The number of amides is 1. The molecule has 0 aliphatic heterocycles. The molecule has 4 heteroatoms. The monoisotopic (exact) mass is 210 g/mol. The van der Waals surface area contributed by atoms with Gasteiger partial charge in [-0.1, -0.05) is 26.1 Å². The predicted octanol–water partition coefficient (Wildman–Crippen LogP) is 1.97. The fraction of sp³-hybridized carbons (Fsp3) is 0.400. The van der Waals surface area contributed by atoms with Crippen LogP contribution in [-0.2, 0) is 12.8 Å². The maximum atomic E-state index is 11.0. The van der Waals surface area contributed by atoms with Crippen molar-refractivity contribution < 1.29 is 4.79 Å². The van der Waals surface area contributed by atoms with E-state index in [0.29, 0.717) is 10.2 Å². The van der Waals surface area contributed by atoms with E-state index in [1.165, 1.54) is 0 Å². The fourth-order valence-electron chi connectivity index (χ4n) is 1.43. The molecule has 0 fully saturated rings. The van der Waals surface area contributed by atoms with Gasteiger partial charge in [-0.2, -0.15) is 0 Å². The SMILES string of the molecule is CCc1cc(C(N)=O)c(=S)[nH]c1CC. The van der Waals surface area contributed by atoms with Crippen LogP contribution < -0.4 is 5.73 Å². The maximum absolute atomic E-state index is 11.0. The van der Waals surface area contributed by atoms with Gasteiger partial charge in [0.25, 0.3) is 5.91 Å². The Bertz CT molecular complexity index is 409. The van der Waals surface area contributed by atoms with Crippen LogP contribution in [0.5, 0.6) is 0 Å². The average molecular weight is 210 g/mol. The van der Waals surface area contributed by atoms with Crippen molar-refractivity contribution in [2.75, 3.05) is 0 Å². The first-order valence-corrected chi connectivity index (χ1v) is 5.05. The van der Waals surface area contributed by atoms with E-state index in [1.54, 1.807) is 6.07 Å². The van der Waals surface area contributed by atoms with Gasteiger partial charge in [0, 0.05) is 5.69 Å². The summed E-state index contributed by atoms with van der Waals surface area (Å²) in [6.07, 6.45) is 1.75. The van der Waals surface area contributed by atoms with E-state index < -0.39 is 5.91 Å². The third-order valence-electron chi connectivity index (χ3n) is 2.22. The molecule has 1 aromatic rings. The molecule has 1 heterocycles. The number of aromatic nitrogens is 1. The highest BCUT2D eigenvalue weighted by molar-refractivity contribution is 7.71. The van der Waals surface area contributed by atoms with Gasteiger partial charge in [0.15, 0.2) is 0 Å². The van der Waals surface area contributed by atoms with Gasteiger partial charge in [-0.05, 0) is 24.5 Å². The molecule has 0 atom stereocenters. The molecule has 1 amide bonds. The quantitative estimate of drug-likeness (QED) is 0.749. The molecule has 3 N–H and O–H groups in total. The van der Waals surface area contributed by atoms with Gasteiger partial charge in [-0.3, -0.25) is 4.79 Å². The predicted molar refractivity (Wildman–Crippen MR) is 58.9 cm³/mol. The van der Waals surface area contributed by atoms with E-state index in [9.17, 15) is 4.79 Å². The van der Waals surface area contributed by atoms with Crippen LogP contribution in [0.3, 0.4) is 0 Å². The molecule has 0 aliphatic carbocycles. The molecule has 0 saturated carbocycles. The number of rotatable bonds is 3. The van der Waals surface area contributed by atoms with Crippen LogP contribution in [0.15, 0.2) is 6.07 Å². The highest BCUT2D eigenvalue weighted by Crippen LogP contribution is 2.11. The molecular formula is C10H14N2OS. The van der Waals surface area contributed by atoms with Gasteiger partial charge in [0.2, 0.25) is 0 Å². The van der Waals surface area contributed by atoms with Crippen molar-refractivity contribution in [1.82, 2.24) is 4.98 Å². The second-order valence-corrected chi connectivity index (χ2v) is 3.50. The minimum absolute atomic E-state index is 0.411. The third kappa shape index (κ3) is 2.01. The Kier molecular flexibility index (Phi) is 3.41. The first-order valence-electron chi connectivity index (χ1n) is 4.65. The highest BCUT2D eigenvalue weighted by atomic mass is 32.1. The minimum Gasteiger partial charge on any atom is -0.366 e. The van der Waals surface area contributed by atoms with Crippen LogP contribution in [0.25, 0.3) is 0 Å². The van der Waals surface area contributed by atoms with Crippen molar-refractivity contribution in [3.8, 4) is 0 Å². The smallest absolute Gasteiger partial charge is 0.251 e. The summed E-state index contributed by atoms with van der Waals surface area (Å²) < 4.78 is 0.437.